The van der Waals surface area contributed by atoms with Crippen LogP contribution in [-0.4, -0.2) is 55.0 Å². The first kappa shape index (κ1) is 21.5. The Morgan fingerprint density at radius 3 is 2.59 bits per heavy atom. The maximum Gasteiger partial charge on any atom is 0.307 e. The van der Waals surface area contributed by atoms with Crippen LogP contribution in [0.25, 0.3) is 0 Å². The molecule has 1 saturated heterocycles. The third-order valence-corrected chi connectivity index (χ3v) is 4.31. The zero-order valence-corrected chi connectivity index (χ0v) is 16.8. The van der Waals surface area contributed by atoms with E-state index in [-0.39, 0.29) is 30.7 Å². The first-order chi connectivity index (χ1) is 12.7. The van der Waals surface area contributed by atoms with Gasteiger partial charge in [0.15, 0.2) is 0 Å². The largest absolute Gasteiger partial charge is 0.465 e. The van der Waals surface area contributed by atoms with Crippen molar-refractivity contribution in [1.29, 1.82) is 0 Å². The van der Waals surface area contributed by atoms with Crippen LogP contribution in [-0.2, 0) is 19.1 Å². The third kappa shape index (κ3) is 7.01. The summed E-state index contributed by atoms with van der Waals surface area (Å²) in [4.78, 5) is 38.2. The Morgan fingerprint density at radius 2 is 1.96 bits per heavy atom. The van der Waals surface area contributed by atoms with Crippen molar-refractivity contribution >= 4 is 46.7 Å². The van der Waals surface area contributed by atoms with Crippen LogP contribution in [0.4, 0.5) is 5.69 Å². The van der Waals surface area contributed by atoms with Gasteiger partial charge in [-0.05, 0) is 24.1 Å². The highest BCUT2D eigenvalue weighted by Gasteiger charge is 2.33. The van der Waals surface area contributed by atoms with Gasteiger partial charge in [0.2, 0.25) is 11.8 Å². The lowest BCUT2D eigenvalue weighted by atomic mass is 10.1. The van der Waals surface area contributed by atoms with Crippen LogP contribution in [0.3, 0.4) is 0 Å². The number of nitrogens with one attached hydrogen (secondary N) is 2. The van der Waals surface area contributed by atoms with Crippen molar-refractivity contribution in [3.63, 3.8) is 0 Å². The molecular weight excluding hydrogens is 393 g/mol. The van der Waals surface area contributed by atoms with Gasteiger partial charge < -0.3 is 15.4 Å². The Hall–Kier alpha value is -1.83. The molecule has 1 atom stereocenters. The molecule has 9 heteroatoms. The van der Waals surface area contributed by atoms with E-state index < -0.39 is 12.0 Å². The Kier molecular flexibility index (Phi) is 7.89. The molecule has 0 aliphatic carbocycles. The minimum absolute atomic E-state index is 0.0420. The van der Waals surface area contributed by atoms with Crippen molar-refractivity contribution < 1.29 is 19.1 Å². The summed E-state index contributed by atoms with van der Waals surface area (Å²) in [6, 6.07) is 3.98. The highest BCUT2D eigenvalue weighted by molar-refractivity contribution is 6.35. The zero-order chi connectivity index (χ0) is 20.0. The molecule has 2 rings (SSSR count). The SMILES string of the molecule is CC(C)COC(=O)CC1C(=O)NCCN1CC(=O)Nc1cc(Cl)cc(Cl)c1. The number of anilines is 1. The smallest absolute Gasteiger partial charge is 0.307 e. The summed E-state index contributed by atoms with van der Waals surface area (Å²) >= 11 is 11.9. The van der Waals surface area contributed by atoms with Gasteiger partial charge in [0.25, 0.3) is 0 Å². The molecule has 2 N–H and O–H groups in total. The van der Waals surface area contributed by atoms with Gasteiger partial charge >= 0.3 is 5.97 Å². The summed E-state index contributed by atoms with van der Waals surface area (Å²) in [5.41, 5.74) is 0.465. The van der Waals surface area contributed by atoms with Crippen molar-refractivity contribution in [3.8, 4) is 0 Å². The lowest BCUT2D eigenvalue weighted by Crippen LogP contribution is -2.57. The van der Waals surface area contributed by atoms with Gasteiger partial charge in [-0.15, -0.1) is 0 Å². The maximum atomic E-state index is 12.4. The van der Waals surface area contributed by atoms with Gasteiger partial charge in [0.05, 0.1) is 19.6 Å². The third-order valence-electron chi connectivity index (χ3n) is 3.87. The Balaban J connectivity index is 1.97. The molecule has 0 spiro atoms. The van der Waals surface area contributed by atoms with Crippen LogP contribution >= 0.6 is 23.2 Å². The molecule has 7 nitrogen and oxygen atoms in total. The van der Waals surface area contributed by atoms with E-state index in [4.69, 9.17) is 27.9 Å². The van der Waals surface area contributed by atoms with Crippen LogP contribution < -0.4 is 10.6 Å². The number of nitrogens with zero attached hydrogens (tertiary/aromatic N) is 1. The zero-order valence-electron chi connectivity index (χ0n) is 15.3. The minimum Gasteiger partial charge on any atom is -0.465 e. The summed E-state index contributed by atoms with van der Waals surface area (Å²) in [5, 5.41) is 6.22. The Morgan fingerprint density at radius 1 is 1.30 bits per heavy atom. The molecule has 1 aromatic carbocycles. The van der Waals surface area contributed by atoms with E-state index in [0.717, 1.165) is 0 Å². The van der Waals surface area contributed by atoms with Crippen LogP contribution in [0.15, 0.2) is 18.2 Å². The average molecular weight is 416 g/mol. The highest BCUT2D eigenvalue weighted by Crippen LogP contribution is 2.22. The minimum atomic E-state index is -0.743. The number of esters is 1. The predicted molar refractivity (Wildman–Crippen MR) is 104 cm³/mol. The van der Waals surface area contributed by atoms with E-state index in [1.807, 2.05) is 13.8 Å². The van der Waals surface area contributed by atoms with E-state index in [9.17, 15) is 14.4 Å². The summed E-state index contributed by atoms with van der Waals surface area (Å²) in [6.07, 6.45) is -0.102. The first-order valence-electron chi connectivity index (χ1n) is 8.68. The fourth-order valence-electron chi connectivity index (χ4n) is 2.66. The fraction of sp³-hybridized carbons (Fsp3) is 0.500. The van der Waals surface area contributed by atoms with Crippen molar-refractivity contribution in [3.05, 3.63) is 28.2 Å². The number of benzene rings is 1. The Labute approximate surface area is 168 Å². The molecule has 1 unspecified atom stereocenters. The molecule has 0 saturated carbocycles. The number of ether oxygens (including phenoxy) is 1. The highest BCUT2D eigenvalue weighted by atomic mass is 35.5. The number of halogens is 2. The molecule has 27 heavy (non-hydrogen) atoms. The summed E-state index contributed by atoms with van der Waals surface area (Å²) < 4.78 is 5.15. The second kappa shape index (κ2) is 9.92. The number of hydrogen-bond donors (Lipinski definition) is 2. The summed E-state index contributed by atoms with van der Waals surface area (Å²) in [7, 11) is 0. The number of amides is 2. The molecule has 1 fully saturated rings. The monoisotopic (exact) mass is 415 g/mol. The summed E-state index contributed by atoms with van der Waals surface area (Å²) in [5.74, 6) is -0.872. The molecule has 1 aliphatic rings. The van der Waals surface area contributed by atoms with Crippen molar-refractivity contribution in [2.45, 2.75) is 26.3 Å². The molecular formula is C18H23Cl2N3O4. The molecule has 148 valence electrons. The van der Waals surface area contributed by atoms with E-state index in [0.29, 0.717) is 35.4 Å². The fourth-order valence-corrected chi connectivity index (χ4v) is 3.19. The van der Waals surface area contributed by atoms with Crippen LogP contribution in [0.2, 0.25) is 10.0 Å². The number of piperazine rings is 1. The molecule has 0 aromatic heterocycles. The van der Waals surface area contributed by atoms with Crippen LogP contribution in [0, 0.1) is 5.92 Å². The predicted octanol–water partition coefficient (Wildman–Crippen LogP) is 2.32. The first-order valence-corrected chi connectivity index (χ1v) is 9.43. The second-order valence-corrected chi connectivity index (χ2v) is 7.64. The Bertz CT molecular complexity index is 692. The summed E-state index contributed by atoms with van der Waals surface area (Å²) in [6.45, 7) is 4.98. The average Bonchev–Trinajstić information content (AvgIpc) is 2.55. The van der Waals surface area contributed by atoms with E-state index >= 15 is 0 Å². The lowest BCUT2D eigenvalue weighted by Gasteiger charge is -2.33. The number of carbonyl (C=O) groups is 3. The lowest BCUT2D eigenvalue weighted by molar-refractivity contribution is -0.149. The number of hydrogen-bond acceptors (Lipinski definition) is 5. The number of carbonyl (C=O) groups excluding carboxylic acids is 3. The topological polar surface area (TPSA) is 87.7 Å². The van der Waals surface area contributed by atoms with Gasteiger partial charge in [0.1, 0.15) is 6.04 Å². The second-order valence-electron chi connectivity index (χ2n) is 6.76. The van der Waals surface area contributed by atoms with Crippen molar-refractivity contribution in [2.75, 3.05) is 31.6 Å². The quantitative estimate of drug-likeness (QED) is 0.667. The van der Waals surface area contributed by atoms with E-state index in [1.54, 1.807) is 23.1 Å². The van der Waals surface area contributed by atoms with Gasteiger partial charge in [-0.25, -0.2) is 0 Å². The molecule has 2 amide bonds. The van der Waals surface area contributed by atoms with Crippen molar-refractivity contribution in [1.82, 2.24) is 10.2 Å². The number of rotatable bonds is 7. The molecule has 1 aromatic rings. The van der Waals surface area contributed by atoms with Gasteiger partial charge in [0, 0.05) is 28.8 Å². The van der Waals surface area contributed by atoms with Crippen LogP contribution in [0.1, 0.15) is 20.3 Å². The van der Waals surface area contributed by atoms with Crippen LogP contribution in [0.5, 0.6) is 0 Å². The van der Waals surface area contributed by atoms with E-state index in [1.165, 1.54) is 0 Å². The van der Waals surface area contributed by atoms with Gasteiger partial charge in [-0.3, -0.25) is 19.3 Å². The van der Waals surface area contributed by atoms with Gasteiger partial charge in [-0.2, -0.15) is 0 Å². The molecule has 1 heterocycles. The standard InChI is InChI=1S/C18H23Cl2N3O4/c1-11(2)10-27-17(25)8-15-18(26)21-3-4-23(15)9-16(24)22-14-6-12(19)5-13(20)7-14/h5-7,11,15H,3-4,8-10H2,1-2H3,(H,21,26)(H,22,24). The van der Waals surface area contributed by atoms with E-state index in [2.05, 4.69) is 10.6 Å². The maximum absolute atomic E-state index is 12.4. The molecule has 1 aliphatic heterocycles. The van der Waals surface area contributed by atoms with Gasteiger partial charge in [-0.1, -0.05) is 37.0 Å². The normalized spacial score (nSPS) is 17.5. The van der Waals surface area contributed by atoms with Crippen molar-refractivity contribution in [2.24, 2.45) is 5.92 Å². The molecule has 0 radical (unpaired) electrons. The molecule has 0 bridgehead atoms.